The lowest BCUT2D eigenvalue weighted by Gasteiger charge is -2.28. The molecule has 3 aromatic carbocycles. The first kappa shape index (κ1) is 23.6. The summed E-state index contributed by atoms with van der Waals surface area (Å²) in [6.07, 6.45) is 4.73. The van der Waals surface area contributed by atoms with Gasteiger partial charge in [0.25, 0.3) is 0 Å². The Bertz CT molecular complexity index is 1230. The average molecular weight is 481 g/mol. The molecule has 1 saturated carbocycles. The Morgan fingerprint density at radius 3 is 2.29 bits per heavy atom. The largest absolute Gasteiger partial charge is 0.423 e. The summed E-state index contributed by atoms with van der Waals surface area (Å²) < 4.78 is 54.6. The molecule has 0 spiro atoms. The molecule has 0 N–H and O–H groups in total. The van der Waals surface area contributed by atoms with Crippen LogP contribution in [0.15, 0.2) is 54.6 Å². The molecule has 5 rings (SSSR count). The summed E-state index contributed by atoms with van der Waals surface area (Å²) in [7, 11) is 0. The van der Waals surface area contributed by atoms with E-state index in [0.29, 0.717) is 29.2 Å². The first-order valence-electron chi connectivity index (χ1n) is 12.2. The third-order valence-corrected chi connectivity index (χ3v) is 7.27. The van der Waals surface area contributed by atoms with Crippen molar-refractivity contribution in [3.63, 3.8) is 0 Å². The Labute approximate surface area is 202 Å². The van der Waals surface area contributed by atoms with E-state index in [1.807, 2.05) is 6.07 Å². The standard InChI is InChI=1S/C29H27F3O3/c1-2-17-3-5-19(6-4-17)23-13-14-24(28(32)27(23)31)29(33)35-21-10-7-18(8-11-21)22-12-9-20(15-25(22)30)26-16-34-26/h7-15,17,19,26H,2-6,16H2,1H3. The van der Waals surface area contributed by atoms with Crippen LogP contribution >= 0.6 is 0 Å². The van der Waals surface area contributed by atoms with E-state index in [2.05, 4.69) is 6.92 Å². The van der Waals surface area contributed by atoms with Gasteiger partial charge in [0.2, 0.25) is 0 Å². The van der Waals surface area contributed by atoms with E-state index in [0.717, 1.165) is 37.7 Å². The van der Waals surface area contributed by atoms with Gasteiger partial charge in [-0.25, -0.2) is 18.0 Å². The monoisotopic (exact) mass is 480 g/mol. The third kappa shape index (κ3) is 4.98. The molecule has 2 fully saturated rings. The van der Waals surface area contributed by atoms with E-state index >= 15 is 0 Å². The lowest BCUT2D eigenvalue weighted by atomic mass is 9.77. The molecule has 1 aliphatic heterocycles. The second-order valence-corrected chi connectivity index (χ2v) is 9.43. The zero-order valence-electron chi connectivity index (χ0n) is 19.5. The molecule has 6 heteroatoms. The van der Waals surface area contributed by atoms with Crippen LogP contribution in [0.1, 0.15) is 72.5 Å². The second-order valence-electron chi connectivity index (χ2n) is 9.43. The Morgan fingerprint density at radius 1 is 0.943 bits per heavy atom. The minimum atomic E-state index is -1.18. The summed E-state index contributed by atoms with van der Waals surface area (Å²) in [6, 6.07) is 14.0. The molecule has 1 aliphatic carbocycles. The van der Waals surface area contributed by atoms with Gasteiger partial charge in [0.05, 0.1) is 12.2 Å². The smallest absolute Gasteiger partial charge is 0.346 e. The highest BCUT2D eigenvalue weighted by Crippen LogP contribution is 2.39. The lowest BCUT2D eigenvalue weighted by Crippen LogP contribution is -2.16. The van der Waals surface area contributed by atoms with E-state index in [1.165, 1.54) is 30.3 Å². The van der Waals surface area contributed by atoms with Crippen LogP contribution < -0.4 is 4.74 Å². The highest BCUT2D eigenvalue weighted by atomic mass is 19.2. The average Bonchev–Trinajstić information content (AvgIpc) is 3.72. The first-order valence-corrected chi connectivity index (χ1v) is 12.2. The molecule has 0 bridgehead atoms. The number of hydrogen-bond donors (Lipinski definition) is 0. The summed E-state index contributed by atoms with van der Waals surface area (Å²) in [5.74, 6) is -2.72. The minimum Gasteiger partial charge on any atom is -0.423 e. The number of ether oxygens (including phenoxy) is 2. The van der Waals surface area contributed by atoms with Gasteiger partial charge in [-0.15, -0.1) is 0 Å². The van der Waals surface area contributed by atoms with E-state index in [4.69, 9.17) is 9.47 Å². The van der Waals surface area contributed by atoms with Gasteiger partial charge in [0.15, 0.2) is 11.6 Å². The van der Waals surface area contributed by atoms with Crippen molar-refractivity contribution >= 4 is 5.97 Å². The van der Waals surface area contributed by atoms with Crippen LogP contribution in [0.2, 0.25) is 0 Å². The van der Waals surface area contributed by atoms with Crippen LogP contribution in [0.3, 0.4) is 0 Å². The molecular weight excluding hydrogens is 453 g/mol. The molecule has 0 radical (unpaired) electrons. The third-order valence-electron chi connectivity index (χ3n) is 7.27. The van der Waals surface area contributed by atoms with Gasteiger partial charge in [-0.2, -0.15) is 0 Å². The van der Waals surface area contributed by atoms with Crippen LogP contribution in [-0.2, 0) is 4.74 Å². The van der Waals surface area contributed by atoms with Crippen LogP contribution in [0, 0.1) is 23.4 Å². The van der Waals surface area contributed by atoms with Crippen molar-refractivity contribution in [1.29, 1.82) is 0 Å². The molecule has 2 aliphatic rings. The topological polar surface area (TPSA) is 38.8 Å². The fourth-order valence-electron chi connectivity index (χ4n) is 4.99. The highest BCUT2D eigenvalue weighted by Gasteiger charge is 2.28. The molecule has 1 saturated heterocycles. The molecule has 1 heterocycles. The number of carbonyl (C=O) groups excluding carboxylic acids is 1. The van der Waals surface area contributed by atoms with Crippen LogP contribution in [0.25, 0.3) is 11.1 Å². The van der Waals surface area contributed by atoms with Gasteiger partial charge in [0.1, 0.15) is 17.7 Å². The Morgan fingerprint density at radius 2 is 1.66 bits per heavy atom. The predicted molar refractivity (Wildman–Crippen MR) is 127 cm³/mol. The van der Waals surface area contributed by atoms with Gasteiger partial charge in [-0.1, -0.05) is 43.7 Å². The number of rotatable bonds is 6. The summed E-state index contributed by atoms with van der Waals surface area (Å²) >= 11 is 0. The number of esters is 1. The van der Waals surface area contributed by atoms with Crippen molar-refractivity contribution in [2.75, 3.05) is 6.61 Å². The molecule has 1 unspecified atom stereocenters. The van der Waals surface area contributed by atoms with Gasteiger partial charge >= 0.3 is 5.97 Å². The van der Waals surface area contributed by atoms with Crippen molar-refractivity contribution in [3.05, 3.63) is 88.7 Å². The quantitative estimate of drug-likeness (QED) is 0.206. The van der Waals surface area contributed by atoms with Crippen molar-refractivity contribution < 1.29 is 27.4 Å². The maximum absolute atomic E-state index is 14.9. The van der Waals surface area contributed by atoms with Gasteiger partial charge in [0, 0.05) is 5.56 Å². The van der Waals surface area contributed by atoms with E-state index < -0.39 is 23.2 Å². The van der Waals surface area contributed by atoms with Crippen LogP contribution in [0.4, 0.5) is 13.2 Å². The lowest BCUT2D eigenvalue weighted by molar-refractivity contribution is 0.0728. The Balaban J connectivity index is 1.28. The zero-order chi connectivity index (χ0) is 24.5. The SMILES string of the molecule is CCC1CCC(c2ccc(C(=O)Oc3ccc(-c4ccc(C5CO5)cc4F)cc3)c(F)c2F)CC1. The van der Waals surface area contributed by atoms with Gasteiger partial charge in [-0.3, -0.25) is 0 Å². The van der Waals surface area contributed by atoms with E-state index in [-0.39, 0.29) is 23.6 Å². The van der Waals surface area contributed by atoms with Crippen molar-refractivity contribution in [3.8, 4) is 16.9 Å². The summed E-state index contributed by atoms with van der Waals surface area (Å²) in [6.45, 7) is 2.76. The Hall–Kier alpha value is -3.12. The van der Waals surface area contributed by atoms with Crippen molar-refractivity contribution in [1.82, 2.24) is 0 Å². The summed E-state index contributed by atoms with van der Waals surface area (Å²) in [5, 5.41) is 0. The van der Waals surface area contributed by atoms with E-state index in [9.17, 15) is 18.0 Å². The summed E-state index contributed by atoms with van der Waals surface area (Å²) in [5.41, 5.74) is 1.69. The molecule has 182 valence electrons. The maximum atomic E-state index is 14.9. The number of epoxide rings is 1. The number of hydrogen-bond acceptors (Lipinski definition) is 3. The second kappa shape index (κ2) is 9.86. The molecule has 0 amide bonds. The number of benzene rings is 3. The first-order chi connectivity index (χ1) is 16.9. The number of halogens is 3. The molecule has 0 aromatic heterocycles. The minimum absolute atomic E-state index is 0.0313. The predicted octanol–water partition coefficient (Wildman–Crippen LogP) is 7.75. The van der Waals surface area contributed by atoms with Crippen LogP contribution in [-0.4, -0.2) is 12.6 Å². The molecule has 3 nitrogen and oxygen atoms in total. The van der Waals surface area contributed by atoms with Gasteiger partial charge in [-0.05, 0) is 78.5 Å². The van der Waals surface area contributed by atoms with Gasteiger partial charge < -0.3 is 9.47 Å². The molecular formula is C29H27F3O3. The van der Waals surface area contributed by atoms with Crippen molar-refractivity contribution in [2.24, 2.45) is 5.92 Å². The fourth-order valence-corrected chi connectivity index (χ4v) is 4.99. The van der Waals surface area contributed by atoms with E-state index in [1.54, 1.807) is 18.2 Å². The molecule has 1 atom stereocenters. The molecule has 35 heavy (non-hydrogen) atoms. The normalized spacial score (nSPS) is 21.5. The number of carbonyl (C=O) groups is 1. The Kier molecular flexibility index (Phi) is 6.65. The van der Waals surface area contributed by atoms with Crippen LogP contribution in [0.5, 0.6) is 5.75 Å². The highest BCUT2D eigenvalue weighted by molar-refractivity contribution is 5.91. The maximum Gasteiger partial charge on any atom is 0.346 e. The summed E-state index contributed by atoms with van der Waals surface area (Å²) in [4.78, 5) is 12.6. The molecule has 3 aromatic rings. The zero-order valence-corrected chi connectivity index (χ0v) is 19.5. The van der Waals surface area contributed by atoms with Crippen molar-refractivity contribution in [2.45, 2.75) is 51.0 Å². The fraction of sp³-hybridized carbons (Fsp3) is 0.345.